The van der Waals surface area contributed by atoms with Gasteiger partial charge in [0.15, 0.2) is 17.5 Å². The maximum absolute atomic E-state index is 6.70. The number of aromatic nitrogens is 4. The van der Waals surface area contributed by atoms with Gasteiger partial charge in [-0.3, -0.25) is 0 Å². The molecule has 0 aliphatic heterocycles. The van der Waals surface area contributed by atoms with Crippen molar-refractivity contribution >= 4 is 75.3 Å². The smallest absolute Gasteiger partial charge is 0.164 e. The second kappa shape index (κ2) is 12.6. The Balaban J connectivity index is 1.10. The Labute approximate surface area is 330 Å². The maximum Gasteiger partial charge on any atom is 0.164 e. The zero-order chi connectivity index (χ0) is 37.5. The molecule has 0 saturated carbocycles. The number of hydrogen-bond acceptors (Lipinski definition) is 5. The van der Waals surface area contributed by atoms with Gasteiger partial charge in [-0.1, -0.05) is 127 Å². The Kier molecular flexibility index (Phi) is 7.03. The Morgan fingerprint density at radius 1 is 0.386 bits per heavy atom. The molecule has 0 aliphatic carbocycles. The molecule has 0 radical (unpaired) electrons. The molecule has 0 aliphatic rings. The van der Waals surface area contributed by atoms with Gasteiger partial charge in [0.2, 0.25) is 0 Å². The van der Waals surface area contributed by atoms with Crippen molar-refractivity contribution in [3.63, 3.8) is 0 Å². The number of thiophene rings is 1. The summed E-state index contributed by atoms with van der Waals surface area (Å²) in [6.45, 7) is 0. The number of para-hydroxylation sites is 2. The monoisotopic (exact) mass is 746 g/mol. The van der Waals surface area contributed by atoms with Crippen LogP contribution in [-0.2, 0) is 0 Å². The normalized spacial score (nSPS) is 11.9. The van der Waals surface area contributed by atoms with E-state index in [2.05, 4.69) is 126 Å². The number of rotatable bonds is 5. The average Bonchev–Trinajstić information content (AvgIpc) is 3.96. The summed E-state index contributed by atoms with van der Waals surface area (Å²) in [6.07, 6.45) is 0. The van der Waals surface area contributed by atoms with Crippen molar-refractivity contribution < 1.29 is 4.42 Å². The van der Waals surface area contributed by atoms with Crippen LogP contribution in [0, 0.1) is 0 Å². The van der Waals surface area contributed by atoms with Gasteiger partial charge in [0, 0.05) is 53.0 Å². The topological polar surface area (TPSA) is 56.7 Å². The molecule has 5 nitrogen and oxygen atoms in total. The third kappa shape index (κ3) is 4.98. The summed E-state index contributed by atoms with van der Waals surface area (Å²) in [4.78, 5) is 15.1. The van der Waals surface area contributed by atoms with Gasteiger partial charge in [-0.05, 0) is 65.7 Å². The molecule has 57 heavy (non-hydrogen) atoms. The molecule has 8 aromatic carbocycles. The minimum atomic E-state index is 0.639. The highest BCUT2D eigenvalue weighted by Gasteiger charge is 2.22. The molecule has 0 fully saturated rings. The molecule has 0 bridgehead atoms. The zero-order valence-electron chi connectivity index (χ0n) is 30.4. The fourth-order valence-corrected chi connectivity index (χ4v) is 9.68. The van der Waals surface area contributed by atoms with E-state index in [1.165, 1.54) is 42.0 Å². The van der Waals surface area contributed by atoms with E-state index in [0.717, 1.165) is 55.4 Å². The lowest BCUT2D eigenvalue weighted by Gasteiger charge is -2.12. The van der Waals surface area contributed by atoms with E-state index in [0.29, 0.717) is 17.5 Å². The van der Waals surface area contributed by atoms with Gasteiger partial charge in [-0.25, -0.2) is 15.0 Å². The van der Waals surface area contributed by atoms with E-state index in [1.54, 1.807) is 0 Å². The van der Waals surface area contributed by atoms with E-state index in [-0.39, 0.29) is 0 Å². The van der Waals surface area contributed by atoms with Gasteiger partial charge in [-0.2, -0.15) is 0 Å². The Bertz CT molecular complexity index is 3420. The summed E-state index contributed by atoms with van der Waals surface area (Å²) < 4.78 is 11.5. The Hall–Kier alpha value is -7.41. The fourth-order valence-electron chi connectivity index (χ4n) is 8.57. The van der Waals surface area contributed by atoms with E-state index in [9.17, 15) is 0 Å². The lowest BCUT2D eigenvalue weighted by atomic mass is 9.94. The van der Waals surface area contributed by atoms with Gasteiger partial charge in [-0.15, -0.1) is 11.3 Å². The summed E-state index contributed by atoms with van der Waals surface area (Å²) in [6, 6.07) is 63.7. The molecule has 0 N–H and O–H groups in total. The predicted molar refractivity (Wildman–Crippen MR) is 236 cm³/mol. The van der Waals surface area contributed by atoms with Gasteiger partial charge >= 0.3 is 0 Å². The van der Waals surface area contributed by atoms with Crippen LogP contribution in [0.2, 0.25) is 0 Å². The van der Waals surface area contributed by atoms with Crippen LogP contribution in [0.4, 0.5) is 0 Å². The lowest BCUT2D eigenvalue weighted by Crippen LogP contribution is -2.00. The first-order chi connectivity index (χ1) is 28.3. The molecule has 12 aromatic rings. The summed E-state index contributed by atoms with van der Waals surface area (Å²) in [5.41, 5.74) is 10.3. The lowest BCUT2D eigenvalue weighted by molar-refractivity contribution is 0.669. The fraction of sp³-hybridized carbons (Fsp3) is 0. The minimum absolute atomic E-state index is 0.639. The average molecular weight is 747 g/mol. The molecule has 6 heteroatoms. The van der Waals surface area contributed by atoms with Crippen LogP contribution < -0.4 is 0 Å². The standard InChI is InChI=1S/C51H30N4OS/c1-3-14-31(15-4-1)49-52-50(32-16-5-2-6-17-32)54-51(53-49)33-28-29-44-38(30-33)46-36(21-12-27-45(46)57-44)37-20-11-25-42-47(37)48-41(24-13-26-43(48)56-42)55-39-22-9-7-18-34(39)35-19-8-10-23-40(35)55/h1-30H. The SMILES string of the molecule is c1ccc(-c2nc(-c3ccccc3)nc(-c3ccc4sc5cccc(-c6cccc7oc8cccc(-n9c%10ccccc%10c%10ccccc%109)c8c67)c5c4c3)n2)cc1. The van der Waals surface area contributed by atoms with Crippen molar-refractivity contribution in [3.05, 3.63) is 182 Å². The van der Waals surface area contributed by atoms with E-state index in [1.807, 2.05) is 72.0 Å². The highest BCUT2D eigenvalue weighted by atomic mass is 32.1. The molecule has 0 unspecified atom stereocenters. The molecule has 12 rings (SSSR count). The van der Waals surface area contributed by atoms with E-state index < -0.39 is 0 Å². The van der Waals surface area contributed by atoms with Crippen LogP contribution in [-0.4, -0.2) is 19.5 Å². The van der Waals surface area contributed by atoms with Crippen LogP contribution in [0.15, 0.2) is 186 Å². The van der Waals surface area contributed by atoms with Crippen molar-refractivity contribution in [1.82, 2.24) is 19.5 Å². The molecule has 0 saturated heterocycles. The van der Waals surface area contributed by atoms with E-state index >= 15 is 0 Å². The zero-order valence-corrected chi connectivity index (χ0v) is 31.2. The van der Waals surface area contributed by atoms with Gasteiger partial charge < -0.3 is 8.98 Å². The molecule has 4 aromatic heterocycles. The maximum atomic E-state index is 6.70. The number of hydrogen-bond donors (Lipinski definition) is 0. The summed E-state index contributed by atoms with van der Waals surface area (Å²) in [7, 11) is 0. The van der Waals surface area contributed by atoms with Gasteiger partial charge in [0.05, 0.1) is 22.1 Å². The first kappa shape index (κ1) is 31.9. The third-order valence-corrected chi connectivity index (χ3v) is 12.2. The number of fused-ring (bicyclic) bond motifs is 9. The highest BCUT2D eigenvalue weighted by Crippen LogP contribution is 2.46. The minimum Gasteiger partial charge on any atom is -0.456 e. The quantitative estimate of drug-likeness (QED) is 0.176. The number of benzene rings is 8. The summed E-state index contributed by atoms with van der Waals surface area (Å²) in [5, 5.41) is 7.03. The predicted octanol–water partition coefficient (Wildman–Crippen LogP) is 13.9. The summed E-state index contributed by atoms with van der Waals surface area (Å²) >= 11 is 1.81. The van der Waals surface area contributed by atoms with Crippen molar-refractivity contribution in [2.45, 2.75) is 0 Å². The van der Waals surface area contributed by atoms with Gasteiger partial charge in [0.1, 0.15) is 11.2 Å². The van der Waals surface area contributed by atoms with Crippen molar-refractivity contribution in [3.8, 4) is 51.0 Å². The highest BCUT2D eigenvalue weighted by molar-refractivity contribution is 7.26. The first-order valence-corrected chi connectivity index (χ1v) is 19.8. The van der Waals surface area contributed by atoms with Crippen LogP contribution >= 0.6 is 11.3 Å². The molecule has 0 spiro atoms. The molecule has 0 atom stereocenters. The third-order valence-electron chi connectivity index (χ3n) is 11.1. The van der Waals surface area contributed by atoms with Crippen molar-refractivity contribution in [2.24, 2.45) is 0 Å². The summed E-state index contributed by atoms with van der Waals surface area (Å²) in [5.74, 6) is 1.93. The Morgan fingerprint density at radius 2 is 0.930 bits per heavy atom. The Morgan fingerprint density at radius 3 is 1.60 bits per heavy atom. The van der Waals surface area contributed by atoms with Crippen molar-refractivity contribution in [1.29, 1.82) is 0 Å². The second-order valence-electron chi connectivity index (χ2n) is 14.3. The first-order valence-electron chi connectivity index (χ1n) is 19.0. The van der Waals surface area contributed by atoms with Crippen LogP contribution in [0.3, 0.4) is 0 Å². The van der Waals surface area contributed by atoms with Crippen LogP contribution in [0.1, 0.15) is 0 Å². The van der Waals surface area contributed by atoms with Crippen LogP contribution in [0.5, 0.6) is 0 Å². The number of nitrogens with zero attached hydrogens (tertiary/aromatic N) is 4. The van der Waals surface area contributed by atoms with Crippen molar-refractivity contribution in [2.75, 3.05) is 0 Å². The second-order valence-corrected chi connectivity index (χ2v) is 15.4. The van der Waals surface area contributed by atoms with E-state index in [4.69, 9.17) is 19.4 Å². The molecular weight excluding hydrogens is 717 g/mol. The molecule has 266 valence electrons. The molecule has 0 amide bonds. The van der Waals surface area contributed by atoms with Gasteiger partial charge in [0.25, 0.3) is 0 Å². The number of furan rings is 1. The molecule has 4 heterocycles. The molecular formula is C51H30N4OS. The van der Waals surface area contributed by atoms with Crippen LogP contribution in [0.25, 0.3) is 115 Å². The largest absolute Gasteiger partial charge is 0.456 e.